The van der Waals surface area contributed by atoms with Gasteiger partial charge in [-0.2, -0.15) is 5.10 Å². The molecule has 0 aliphatic carbocycles. The highest BCUT2D eigenvalue weighted by Crippen LogP contribution is 2.34. The quantitative estimate of drug-likeness (QED) is 0.568. The normalized spacial score (nSPS) is 13.8. The maximum atomic E-state index is 11.6. The molecule has 3 heterocycles. The molecule has 6 nitrogen and oxygen atoms in total. The van der Waals surface area contributed by atoms with Gasteiger partial charge in [0.15, 0.2) is 0 Å². The van der Waals surface area contributed by atoms with Crippen molar-refractivity contribution in [2.75, 3.05) is 0 Å². The summed E-state index contributed by atoms with van der Waals surface area (Å²) < 4.78 is 3.47. The van der Waals surface area contributed by atoms with Gasteiger partial charge in [0, 0.05) is 33.4 Å². The van der Waals surface area contributed by atoms with Gasteiger partial charge in [0.05, 0.1) is 13.1 Å². The van der Waals surface area contributed by atoms with Crippen LogP contribution in [0.15, 0.2) is 61.4 Å². The zero-order valence-electron chi connectivity index (χ0n) is 13.6. The molecule has 0 aliphatic heterocycles. The fourth-order valence-corrected chi connectivity index (χ4v) is 3.68. The summed E-state index contributed by atoms with van der Waals surface area (Å²) in [6, 6.07) is 10.9. The Balaban J connectivity index is 1.79. The molecule has 0 spiro atoms. The Morgan fingerprint density at radius 1 is 1.12 bits per heavy atom. The van der Waals surface area contributed by atoms with Crippen molar-refractivity contribution in [2.24, 2.45) is 0 Å². The smallest absolute Gasteiger partial charge is 0.139 e. The van der Waals surface area contributed by atoms with Crippen molar-refractivity contribution < 1.29 is 5.11 Å². The van der Waals surface area contributed by atoms with E-state index in [1.807, 2.05) is 29.0 Å². The highest BCUT2D eigenvalue weighted by molar-refractivity contribution is 6.35. The Morgan fingerprint density at radius 2 is 2.00 bits per heavy atom. The van der Waals surface area contributed by atoms with Crippen molar-refractivity contribution in [1.82, 2.24) is 24.3 Å². The highest BCUT2D eigenvalue weighted by atomic mass is 35.5. The lowest BCUT2D eigenvalue weighted by atomic mass is 9.93. The number of hydrogen-bond acceptors (Lipinski definition) is 4. The number of aromatic nitrogens is 5. The summed E-state index contributed by atoms with van der Waals surface area (Å²) in [4.78, 5) is 8.37. The van der Waals surface area contributed by atoms with Crippen LogP contribution in [0, 0.1) is 0 Å². The second kappa shape index (κ2) is 6.72. The van der Waals surface area contributed by atoms with Crippen LogP contribution in [0.4, 0.5) is 0 Å². The summed E-state index contributed by atoms with van der Waals surface area (Å²) in [5.41, 5.74) is 0.0187. The van der Waals surface area contributed by atoms with E-state index in [1.54, 1.807) is 35.4 Å². The second-order valence-electron chi connectivity index (χ2n) is 6.11. The minimum atomic E-state index is -1.33. The molecule has 1 aromatic carbocycles. The Kier molecular flexibility index (Phi) is 4.40. The predicted octanol–water partition coefficient (Wildman–Crippen LogP) is 3.52. The number of rotatable bonds is 5. The van der Waals surface area contributed by atoms with E-state index in [0.717, 1.165) is 11.0 Å². The third-order valence-corrected chi connectivity index (χ3v) is 4.83. The van der Waals surface area contributed by atoms with Gasteiger partial charge < -0.3 is 9.67 Å². The van der Waals surface area contributed by atoms with Gasteiger partial charge in [-0.05, 0) is 30.3 Å². The van der Waals surface area contributed by atoms with Gasteiger partial charge in [0.1, 0.15) is 23.9 Å². The molecule has 0 radical (unpaired) electrons. The predicted molar refractivity (Wildman–Crippen MR) is 100 cm³/mol. The fourth-order valence-electron chi connectivity index (χ4n) is 3.10. The SMILES string of the molecule is O[C@@](Cn1cncn1)(Cn1ccc2cccnc21)c1ccc(Cl)cc1Cl. The molecule has 8 heteroatoms. The Labute approximate surface area is 159 Å². The molecule has 0 saturated heterocycles. The Bertz CT molecular complexity index is 1050. The van der Waals surface area contributed by atoms with Gasteiger partial charge >= 0.3 is 0 Å². The van der Waals surface area contributed by atoms with Crippen LogP contribution in [0.5, 0.6) is 0 Å². The Morgan fingerprint density at radius 3 is 2.77 bits per heavy atom. The van der Waals surface area contributed by atoms with Crippen molar-refractivity contribution in [2.45, 2.75) is 18.7 Å². The molecule has 0 saturated carbocycles. The molecule has 1 atom stereocenters. The van der Waals surface area contributed by atoms with E-state index in [1.165, 1.54) is 6.33 Å². The van der Waals surface area contributed by atoms with E-state index in [4.69, 9.17) is 23.2 Å². The first-order valence-corrected chi connectivity index (χ1v) is 8.71. The maximum absolute atomic E-state index is 11.6. The van der Waals surface area contributed by atoms with Gasteiger partial charge in [-0.3, -0.25) is 0 Å². The van der Waals surface area contributed by atoms with Crippen LogP contribution in [-0.4, -0.2) is 29.4 Å². The summed E-state index contributed by atoms with van der Waals surface area (Å²) in [5, 5.41) is 17.6. The highest BCUT2D eigenvalue weighted by Gasteiger charge is 2.33. The van der Waals surface area contributed by atoms with Crippen molar-refractivity contribution in [1.29, 1.82) is 0 Å². The number of fused-ring (bicyclic) bond motifs is 1. The number of halogens is 2. The second-order valence-corrected chi connectivity index (χ2v) is 6.95. The van der Waals surface area contributed by atoms with Crippen LogP contribution in [0.3, 0.4) is 0 Å². The van der Waals surface area contributed by atoms with Crippen LogP contribution in [0.25, 0.3) is 11.0 Å². The molecule has 1 N–H and O–H groups in total. The molecule has 0 aliphatic rings. The van der Waals surface area contributed by atoms with E-state index in [2.05, 4.69) is 15.1 Å². The van der Waals surface area contributed by atoms with Crippen LogP contribution in [0.1, 0.15) is 5.56 Å². The monoisotopic (exact) mass is 387 g/mol. The zero-order valence-corrected chi connectivity index (χ0v) is 15.1. The Hall–Kier alpha value is -2.41. The molecular formula is C18H15Cl2N5O. The van der Waals surface area contributed by atoms with E-state index in [-0.39, 0.29) is 13.1 Å². The van der Waals surface area contributed by atoms with E-state index in [0.29, 0.717) is 15.6 Å². The summed E-state index contributed by atoms with van der Waals surface area (Å²) in [7, 11) is 0. The first-order valence-electron chi connectivity index (χ1n) is 7.95. The van der Waals surface area contributed by atoms with Gasteiger partial charge in [-0.25, -0.2) is 14.6 Å². The lowest BCUT2D eigenvalue weighted by molar-refractivity contribution is -0.00116. The molecule has 0 amide bonds. The largest absolute Gasteiger partial charge is 0.381 e. The lowest BCUT2D eigenvalue weighted by Gasteiger charge is -2.30. The molecule has 0 fully saturated rings. The number of aliphatic hydroxyl groups is 1. The van der Waals surface area contributed by atoms with Crippen LogP contribution >= 0.6 is 23.2 Å². The van der Waals surface area contributed by atoms with Gasteiger partial charge in [0.2, 0.25) is 0 Å². The average Bonchev–Trinajstić information content (AvgIpc) is 3.25. The number of benzene rings is 1. The summed E-state index contributed by atoms with van der Waals surface area (Å²) in [6.45, 7) is 0.426. The fraction of sp³-hybridized carbons (Fsp3) is 0.167. The molecule has 26 heavy (non-hydrogen) atoms. The van der Waals surface area contributed by atoms with Crippen molar-refractivity contribution in [3.05, 3.63) is 77.1 Å². The average molecular weight is 388 g/mol. The van der Waals surface area contributed by atoms with Crippen molar-refractivity contribution >= 4 is 34.2 Å². The van der Waals surface area contributed by atoms with Crippen molar-refractivity contribution in [3.8, 4) is 0 Å². The van der Waals surface area contributed by atoms with Crippen LogP contribution in [0.2, 0.25) is 10.0 Å². The van der Waals surface area contributed by atoms with Gasteiger partial charge in [-0.1, -0.05) is 29.3 Å². The first kappa shape index (κ1) is 17.0. The molecule has 132 valence electrons. The standard InChI is InChI=1S/C18H15Cl2N5O/c19-14-3-4-15(16(20)8-14)18(26,10-25-12-21-11-23-25)9-24-7-5-13-2-1-6-22-17(13)24/h1-8,11-12,26H,9-10H2/t18-/m1/s1. The summed E-state index contributed by atoms with van der Waals surface area (Å²) in [5.74, 6) is 0. The van der Waals surface area contributed by atoms with E-state index >= 15 is 0 Å². The topological polar surface area (TPSA) is 68.8 Å². The minimum absolute atomic E-state index is 0.181. The number of hydrogen-bond donors (Lipinski definition) is 1. The molecule has 3 aromatic heterocycles. The first-order chi connectivity index (χ1) is 12.5. The third kappa shape index (κ3) is 3.19. The molecule has 0 unspecified atom stereocenters. The molecule has 0 bridgehead atoms. The van der Waals surface area contributed by atoms with E-state index < -0.39 is 5.60 Å². The lowest BCUT2D eigenvalue weighted by Crippen LogP contribution is -2.36. The summed E-state index contributed by atoms with van der Waals surface area (Å²) in [6.07, 6.45) is 6.61. The number of nitrogens with zero attached hydrogens (tertiary/aromatic N) is 5. The maximum Gasteiger partial charge on any atom is 0.139 e. The molecule has 4 aromatic rings. The third-order valence-electron chi connectivity index (χ3n) is 4.28. The molecular weight excluding hydrogens is 373 g/mol. The minimum Gasteiger partial charge on any atom is -0.381 e. The molecule has 4 rings (SSSR count). The van der Waals surface area contributed by atoms with E-state index in [9.17, 15) is 5.11 Å². The van der Waals surface area contributed by atoms with Crippen LogP contribution < -0.4 is 0 Å². The number of pyridine rings is 1. The van der Waals surface area contributed by atoms with Crippen LogP contribution in [-0.2, 0) is 18.7 Å². The van der Waals surface area contributed by atoms with Gasteiger partial charge in [0.25, 0.3) is 0 Å². The van der Waals surface area contributed by atoms with Gasteiger partial charge in [-0.15, -0.1) is 0 Å². The van der Waals surface area contributed by atoms with Crippen molar-refractivity contribution in [3.63, 3.8) is 0 Å². The summed E-state index contributed by atoms with van der Waals surface area (Å²) >= 11 is 12.4. The zero-order chi connectivity index (χ0) is 18.1.